The third kappa shape index (κ3) is 54.4. The summed E-state index contributed by atoms with van der Waals surface area (Å²) in [7, 11) is 0. The summed E-state index contributed by atoms with van der Waals surface area (Å²) >= 11 is 0. The van der Waals surface area contributed by atoms with Gasteiger partial charge in [-0.15, -0.1) is 0 Å². The molecule has 0 aliphatic rings. The van der Waals surface area contributed by atoms with E-state index in [-0.39, 0.29) is 31.1 Å². The number of carbonyl (C=O) groups excluding carboxylic acids is 3. The van der Waals surface area contributed by atoms with Gasteiger partial charge in [-0.2, -0.15) is 0 Å². The summed E-state index contributed by atoms with van der Waals surface area (Å²) in [5.74, 6) is -0.866. The van der Waals surface area contributed by atoms with Gasteiger partial charge in [0.2, 0.25) is 0 Å². The Morgan fingerprint density at radius 1 is 0.299 bits per heavy atom. The Hall–Kier alpha value is -2.37. The predicted octanol–water partition coefficient (Wildman–Crippen LogP) is 19.7. The van der Waals surface area contributed by atoms with Gasteiger partial charge in [-0.25, -0.2) is 0 Å². The molecule has 0 rings (SSSR count). The van der Waals surface area contributed by atoms with E-state index in [0.717, 1.165) is 70.6 Å². The van der Waals surface area contributed by atoms with Crippen LogP contribution in [0.5, 0.6) is 0 Å². The first-order valence-corrected chi connectivity index (χ1v) is 29.5. The molecule has 0 aromatic carbocycles. The van der Waals surface area contributed by atoms with Gasteiger partial charge >= 0.3 is 17.9 Å². The highest BCUT2D eigenvalue weighted by Crippen LogP contribution is 2.17. The van der Waals surface area contributed by atoms with E-state index in [2.05, 4.69) is 57.2 Å². The maximum absolute atomic E-state index is 12.9. The molecule has 0 heterocycles. The van der Waals surface area contributed by atoms with Crippen LogP contribution in [0.1, 0.15) is 316 Å². The molecule has 0 N–H and O–H groups in total. The average Bonchev–Trinajstić information content (AvgIpc) is 3.33. The Bertz CT molecular complexity index is 1130. The molecule has 0 saturated carbocycles. The van der Waals surface area contributed by atoms with Crippen LogP contribution in [-0.2, 0) is 28.6 Å². The topological polar surface area (TPSA) is 78.9 Å². The van der Waals surface area contributed by atoms with Crippen LogP contribution >= 0.6 is 0 Å². The molecule has 0 spiro atoms. The summed E-state index contributed by atoms with van der Waals surface area (Å²) in [6.45, 7) is 6.64. The monoisotopic (exact) mass is 941 g/mol. The molecule has 392 valence electrons. The lowest BCUT2D eigenvalue weighted by atomic mass is 10.0. The average molecular weight is 942 g/mol. The molecule has 0 fully saturated rings. The van der Waals surface area contributed by atoms with Crippen molar-refractivity contribution >= 4 is 17.9 Å². The Balaban J connectivity index is 4.35. The predicted molar refractivity (Wildman–Crippen MR) is 289 cm³/mol. The van der Waals surface area contributed by atoms with Gasteiger partial charge in [0.05, 0.1) is 0 Å². The molecule has 0 aliphatic carbocycles. The molecular formula is C61H112O6. The molecule has 67 heavy (non-hydrogen) atoms. The summed E-state index contributed by atoms with van der Waals surface area (Å²) in [4.78, 5) is 38.2. The molecule has 0 bridgehead atoms. The highest BCUT2D eigenvalue weighted by Gasteiger charge is 2.19. The number of unbranched alkanes of at least 4 members (excludes halogenated alkanes) is 37. The maximum Gasteiger partial charge on any atom is 0.306 e. The van der Waals surface area contributed by atoms with Crippen molar-refractivity contribution in [2.75, 3.05) is 13.2 Å². The zero-order valence-electron chi connectivity index (χ0n) is 44.9. The quantitative estimate of drug-likeness (QED) is 0.0262. The summed E-state index contributed by atoms with van der Waals surface area (Å²) in [5, 5.41) is 0. The minimum Gasteiger partial charge on any atom is -0.462 e. The van der Waals surface area contributed by atoms with Crippen LogP contribution in [0.3, 0.4) is 0 Å². The first kappa shape index (κ1) is 64.6. The summed E-state index contributed by atoms with van der Waals surface area (Å²) in [6.07, 6.45) is 67.0. The molecule has 6 nitrogen and oxygen atoms in total. The van der Waals surface area contributed by atoms with Gasteiger partial charge in [-0.05, 0) is 77.0 Å². The van der Waals surface area contributed by atoms with E-state index in [1.807, 2.05) is 0 Å². The summed E-state index contributed by atoms with van der Waals surface area (Å²) < 4.78 is 16.9. The Kier molecular flexibility index (Phi) is 54.2. The van der Waals surface area contributed by atoms with Crippen LogP contribution < -0.4 is 0 Å². The zero-order valence-corrected chi connectivity index (χ0v) is 44.9. The van der Waals surface area contributed by atoms with Gasteiger partial charge in [0.15, 0.2) is 6.10 Å². The fraction of sp³-hybridized carbons (Fsp3) is 0.852. The van der Waals surface area contributed by atoms with Crippen LogP contribution in [0.15, 0.2) is 36.5 Å². The molecule has 0 aromatic heterocycles. The van der Waals surface area contributed by atoms with Gasteiger partial charge < -0.3 is 14.2 Å². The number of hydrogen-bond donors (Lipinski definition) is 0. The van der Waals surface area contributed by atoms with Crippen molar-refractivity contribution in [3.8, 4) is 0 Å². The lowest BCUT2D eigenvalue weighted by Gasteiger charge is -2.18. The Labute approximate surface area is 416 Å². The summed E-state index contributed by atoms with van der Waals surface area (Å²) in [6, 6.07) is 0. The number of allylic oxidation sites excluding steroid dienone is 6. The minimum absolute atomic E-state index is 0.0734. The van der Waals surface area contributed by atoms with Crippen molar-refractivity contribution < 1.29 is 28.6 Å². The lowest BCUT2D eigenvalue weighted by Crippen LogP contribution is -2.30. The lowest BCUT2D eigenvalue weighted by molar-refractivity contribution is -0.167. The van der Waals surface area contributed by atoms with Gasteiger partial charge in [0.25, 0.3) is 0 Å². The van der Waals surface area contributed by atoms with Crippen LogP contribution in [0, 0.1) is 0 Å². The second-order valence-corrected chi connectivity index (χ2v) is 19.9. The van der Waals surface area contributed by atoms with E-state index in [1.54, 1.807) is 0 Å². The largest absolute Gasteiger partial charge is 0.462 e. The fourth-order valence-electron chi connectivity index (χ4n) is 8.65. The van der Waals surface area contributed by atoms with Crippen molar-refractivity contribution in [2.24, 2.45) is 0 Å². The number of hydrogen-bond acceptors (Lipinski definition) is 6. The third-order valence-corrected chi connectivity index (χ3v) is 13.1. The van der Waals surface area contributed by atoms with Crippen LogP contribution in [0.2, 0.25) is 0 Å². The first-order valence-electron chi connectivity index (χ1n) is 29.5. The number of ether oxygens (including phenoxy) is 3. The minimum atomic E-state index is -0.774. The van der Waals surface area contributed by atoms with Crippen LogP contribution in [0.4, 0.5) is 0 Å². The Morgan fingerprint density at radius 3 is 0.881 bits per heavy atom. The standard InChI is InChI=1S/C61H112O6/c1-4-7-10-13-16-19-22-25-28-30-33-36-39-42-45-48-51-54-60(63)66-57-58(56-65-59(62)53-50-47-44-41-38-35-32-27-24-21-18-15-12-9-6-3)67-61(64)55-52-49-46-43-40-37-34-31-29-26-23-20-17-14-11-8-5-2/h16,19,21,24-25,28,58H,4-15,17-18,20,22-23,26-27,29-57H2,1-3H3/b19-16-,24-21-,28-25-/t58-/m0/s1. The van der Waals surface area contributed by atoms with Gasteiger partial charge in [-0.1, -0.05) is 256 Å². The molecule has 0 amide bonds. The van der Waals surface area contributed by atoms with E-state index >= 15 is 0 Å². The van der Waals surface area contributed by atoms with Gasteiger partial charge in [-0.3, -0.25) is 14.4 Å². The second kappa shape index (κ2) is 56.2. The third-order valence-electron chi connectivity index (χ3n) is 13.1. The van der Waals surface area contributed by atoms with Crippen LogP contribution in [0.25, 0.3) is 0 Å². The van der Waals surface area contributed by atoms with Crippen molar-refractivity contribution in [3.63, 3.8) is 0 Å². The second-order valence-electron chi connectivity index (χ2n) is 19.9. The molecule has 0 radical (unpaired) electrons. The maximum atomic E-state index is 12.9. The van der Waals surface area contributed by atoms with Crippen LogP contribution in [-0.4, -0.2) is 37.2 Å². The number of esters is 3. The van der Waals surface area contributed by atoms with Gasteiger partial charge in [0.1, 0.15) is 13.2 Å². The molecular weight excluding hydrogens is 829 g/mol. The highest BCUT2D eigenvalue weighted by atomic mass is 16.6. The van der Waals surface area contributed by atoms with Crippen molar-refractivity contribution in [2.45, 2.75) is 322 Å². The van der Waals surface area contributed by atoms with E-state index in [1.165, 1.54) is 205 Å². The molecule has 6 heteroatoms. The highest BCUT2D eigenvalue weighted by molar-refractivity contribution is 5.71. The number of carbonyl (C=O) groups is 3. The van der Waals surface area contributed by atoms with E-state index in [0.29, 0.717) is 19.3 Å². The fourth-order valence-corrected chi connectivity index (χ4v) is 8.65. The van der Waals surface area contributed by atoms with Crippen molar-refractivity contribution in [3.05, 3.63) is 36.5 Å². The van der Waals surface area contributed by atoms with Crippen molar-refractivity contribution in [1.29, 1.82) is 0 Å². The molecule has 0 saturated heterocycles. The SMILES string of the molecule is CCCCC/C=C\C/C=C\CCCCCCCCCC(=O)OC[C@H](COC(=O)CCCCCCCCC/C=C\CCCCCC)OC(=O)CCCCCCCCCCCCCCCCCCC. The normalized spacial score (nSPS) is 12.2. The summed E-state index contributed by atoms with van der Waals surface area (Å²) in [5.41, 5.74) is 0. The van der Waals surface area contributed by atoms with E-state index in [4.69, 9.17) is 14.2 Å². The van der Waals surface area contributed by atoms with Gasteiger partial charge in [0, 0.05) is 19.3 Å². The molecule has 0 aromatic rings. The molecule has 0 unspecified atom stereocenters. The zero-order chi connectivity index (χ0) is 48.6. The van der Waals surface area contributed by atoms with Crippen molar-refractivity contribution in [1.82, 2.24) is 0 Å². The first-order chi connectivity index (χ1) is 33.0. The van der Waals surface area contributed by atoms with E-state index < -0.39 is 6.10 Å². The smallest absolute Gasteiger partial charge is 0.306 e. The van der Waals surface area contributed by atoms with E-state index in [9.17, 15) is 14.4 Å². The molecule has 1 atom stereocenters. The number of rotatable bonds is 54. The Morgan fingerprint density at radius 2 is 0.537 bits per heavy atom. The molecule has 0 aliphatic heterocycles.